The van der Waals surface area contributed by atoms with E-state index in [9.17, 15) is 37.8 Å². The summed E-state index contributed by atoms with van der Waals surface area (Å²) in [6.45, 7) is 8.98. The largest absolute Gasteiger partial charge is 0.504 e. The lowest BCUT2D eigenvalue weighted by molar-refractivity contribution is -0.188. The fraction of sp³-hybridized carbons (Fsp3) is 0.535. The number of amides is 1. The van der Waals surface area contributed by atoms with Gasteiger partial charge in [0.1, 0.15) is 0 Å². The Morgan fingerprint density at radius 1 is 1.07 bits per heavy atom. The maximum absolute atomic E-state index is 12.7. The van der Waals surface area contributed by atoms with Gasteiger partial charge in [0, 0.05) is 49.4 Å². The Morgan fingerprint density at radius 3 is 2.38 bits per heavy atom. The number of nitrogens with zero attached hydrogens (tertiary/aromatic N) is 1. The number of benzene rings is 2. The topological polar surface area (TPSA) is 218 Å². The van der Waals surface area contributed by atoms with Crippen molar-refractivity contribution in [2.75, 3.05) is 39.1 Å². The maximum atomic E-state index is 12.7. The number of allylic oxidation sites excluding steroid dienone is 2. The van der Waals surface area contributed by atoms with Crippen LogP contribution in [0.15, 0.2) is 52.9 Å². The van der Waals surface area contributed by atoms with Gasteiger partial charge in [-0.1, -0.05) is 41.4 Å². The van der Waals surface area contributed by atoms with Gasteiger partial charge in [-0.2, -0.15) is 8.42 Å². The predicted octanol–water partition coefficient (Wildman–Crippen LogP) is 4.89. The van der Waals surface area contributed by atoms with Gasteiger partial charge in [0.2, 0.25) is 5.91 Å². The third-order valence-corrected chi connectivity index (χ3v) is 14.1. The zero-order valence-electron chi connectivity index (χ0n) is 34.8. The van der Waals surface area contributed by atoms with Crippen LogP contribution in [0.2, 0.25) is 10.0 Å². The van der Waals surface area contributed by atoms with Crippen LogP contribution in [-0.2, 0) is 50.6 Å². The Hall–Kier alpha value is -4.19. The highest BCUT2D eigenvalue weighted by atomic mass is 35.5. The van der Waals surface area contributed by atoms with E-state index in [0.717, 1.165) is 43.0 Å². The summed E-state index contributed by atoms with van der Waals surface area (Å²) in [5.74, 6) is -0.950. The minimum absolute atomic E-state index is 0.0454. The van der Waals surface area contributed by atoms with Gasteiger partial charge in [-0.15, -0.1) is 0 Å². The molecule has 15 nitrogen and oxygen atoms in total. The molecule has 2 aromatic carbocycles. The number of likely N-dealkylation sites (tertiary alicyclic amines) is 1. The van der Waals surface area contributed by atoms with Crippen molar-refractivity contribution in [2.45, 2.75) is 102 Å². The Morgan fingerprint density at radius 2 is 1.75 bits per heavy atom. The number of piperidine rings is 1. The smallest absolute Gasteiger partial charge is 0.336 e. The molecule has 3 aliphatic heterocycles. The number of nitrogens with one attached hydrogen (secondary N) is 2. The van der Waals surface area contributed by atoms with E-state index in [4.69, 9.17) is 42.0 Å². The minimum Gasteiger partial charge on any atom is -0.504 e. The number of phenolic OH excluding ortho intramolecular Hbond substituents is 1. The molecule has 2 saturated carbocycles. The van der Waals surface area contributed by atoms with Gasteiger partial charge < -0.3 is 35.1 Å². The number of methoxy groups -OCH3 is 1. The Bertz CT molecular complexity index is 2280. The summed E-state index contributed by atoms with van der Waals surface area (Å²) in [7, 11) is -2.59. The quantitative estimate of drug-likeness (QED) is 0.122. The van der Waals surface area contributed by atoms with Crippen molar-refractivity contribution in [3.05, 3.63) is 79.6 Å². The molecule has 3 heterocycles. The first-order chi connectivity index (χ1) is 28.8. The summed E-state index contributed by atoms with van der Waals surface area (Å²) >= 11 is 12.5. The van der Waals surface area contributed by atoms with Crippen molar-refractivity contribution in [1.82, 2.24) is 15.5 Å². The van der Waals surface area contributed by atoms with Crippen LogP contribution < -0.4 is 15.4 Å². The number of aromatic hydroxyl groups is 1. The van der Waals surface area contributed by atoms with Crippen molar-refractivity contribution < 1.29 is 56.6 Å². The van der Waals surface area contributed by atoms with Crippen LogP contribution in [0, 0.1) is 5.92 Å². The fourth-order valence-corrected chi connectivity index (χ4v) is 10.6. The van der Waals surface area contributed by atoms with Crippen molar-refractivity contribution in [3.63, 3.8) is 0 Å². The number of esters is 2. The third kappa shape index (κ3) is 9.03. The number of aliphatic hydroxyl groups is 1. The number of carbonyl (C=O) groups excluding carboxylic acids is 4. The highest BCUT2D eigenvalue weighted by Gasteiger charge is 2.73. The molecule has 1 unspecified atom stereocenters. The molecule has 61 heavy (non-hydrogen) atoms. The number of phenols is 1. The van der Waals surface area contributed by atoms with Gasteiger partial charge in [0.15, 0.2) is 23.4 Å². The van der Waals surface area contributed by atoms with Crippen LogP contribution in [-0.4, -0.2) is 109 Å². The monoisotopic (exact) mass is 905 g/mol. The number of carbonyl (C=O) groups is 4. The molecule has 3 aliphatic carbocycles. The summed E-state index contributed by atoms with van der Waals surface area (Å²) in [6.07, 6.45) is 4.56. The molecule has 5 N–H and O–H groups in total. The average molecular weight is 907 g/mol. The second kappa shape index (κ2) is 18.3. The lowest BCUT2D eigenvalue weighted by Gasteiger charge is -2.62. The number of hydrogen-bond acceptors (Lipinski definition) is 13. The van der Waals surface area contributed by atoms with Crippen LogP contribution in [0.5, 0.6) is 11.5 Å². The first-order valence-electron chi connectivity index (χ1n) is 20.4. The molecule has 2 aromatic rings. The normalized spacial score (nSPS) is 26.0. The summed E-state index contributed by atoms with van der Waals surface area (Å²) in [5.41, 5.74) is 2.76. The molecule has 1 spiro atoms. The molecule has 3 fully saturated rings. The molecule has 6 aliphatic rings. The molecule has 5 atom stereocenters. The number of rotatable bonds is 10. The number of Topliss-reactive ketones (excluding diaryl/α,β-unsaturated/α-hetero) is 1. The van der Waals surface area contributed by atoms with Gasteiger partial charge in [-0.3, -0.25) is 19.0 Å². The average Bonchev–Trinajstić information content (AvgIpc) is 3.94. The van der Waals surface area contributed by atoms with E-state index in [2.05, 4.69) is 15.5 Å². The lowest BCUT2D eigenvalue weighted by atomic mass is 9.49. The third-order valence-electron chi connectivity index (χ3n) is 12.5. The lowest BCUT2D eigenvalue weighted by Crippen LogP contribution is -2.76. The molecule has 332 valence electrons. The van der Waals surface area contributed by atoms with Crippen LogP contribution in [0.1, 0.15) is 88.8 Å². The number of ether oxygens (including phenoxy) is 3. The van der Waals surface area contributed by atoms with Crippen LogP contribution in [0.3, 0.4) is 0 Å². The molecule has 1 saturated heterocycles. The molecule has 0 aromatic heterocycles. The van der Waals surface area contributed by atoms with Crippen molar-refractivity contribution >= 4 is 56.9 Å². The van der Waals surface area contributed by atoms with Crippen LogP contribution >= 0.6 is 23.2 Å². The van der Waals surface area contributed by atoms with Crippen molar-refractivity contribution in [3.8, 4) is 11.5 Å². The SMILES string of the molecule is CC(=O)NCCCS(=O)(=O)O.CCOC(=O)C1=C(C)NC(C)=C(C(=O)OC)C1c1cccc(Cl)c1Cl.O=C1CC[C@@]2(O)[C@H]3Cc4ccc(O)c5c4[C@@]2(CCN3CC2CC2)[C@H]1O5. The van der Waals surface area contributed by atoms with E-state index in [0.29, 0.717) is 51.7 Å². The molecule has 1 amide bonds. The van der Waals surface area contributed by atoms with Gasteiger partial charge in [0.05, 0.1) is 57.6 Å². The summed E-state index contributed by atoms with van der Waals surface area (Å²) in [6, 6.07) is 8.78. The van der Waals surface area contributed by atoms with Crippen molar-refractivity contribution in [2.24, 2.45) is 5.92 Å². The number of halogens is 2. The summed E-state index contributed by atoms with van der Waals surface area (Å²) in [4.78, 5) is 50.4. The second-order valence-corrected chi connectivity index (χ2v) is 18.7. The zero-order valence-corrected chi connectivity index (χ0v) is 37.1. The van der Waals surface area contributed by atoms with Crippen molar-refractivity contribution in [1.29, 1.82) is 0 Å². The maximum Gasteiger partial charge on any atom is 0.336 e. The van der Waals surface area contributed by atoms with Gasteiger partial charge in [0.25, 0.3) is 10.1 Å². The first-order valence-corrected chi connectivity index (χ1v) is 22.7. The van der Waals surface area contributed by atoms with Crippen LogP contribution in [0.4, 0.5) is 0 Å². The van der Waals surface area contributed by atoms with Gasteiger partial charge in [-0.25, -0.2) is 9.59 Å². The molecule has 2 bridgehead atoms. The first kappa shape index (κ1) is 46.3. The summed E-state index contributed by atoms with van der Waals surface area (Å²) in [5, 5.41) is 28.4. The number of hydrogen-bond donors (Lipinski definition) is 5. The number of ketones is 1. The standard InChI is InChI=1S/C20H23NO4.C18H19Cl2NO4.C5H11NO4S/c22-13-4-3-12-9-15-20(24)6-5-14(23)18-19(20,16(12)17(13)25-18)7-8-21(15)10-11-1-2-11;1-5-25-18(23)14-10(3)21-9(2)13(17(22)24-4)15(14)11-7-6-8-12(19)16(11)20;1-5(7)6-3-2-4-11(8,9)10/h3-4,11,15,18,22,24H,1-2,5-10H2;6-8,15,21H,5H2,1-4H3;2-4H2,1H3,(H,6,7)(H,8,9,10)/t15-,18+,19+,20-;;/m1../s1. The summed E-state index contributed by atoms with van der Waals surface area (Å²) < 4.78 is 44.6. The van der Waals surface area contributed by atoms with E-state index in [-0.39, 0.29) is 53.8 Å². The Labute approximate surface area is 365 Å². The highest BCUT2D eigenvalue weighted by Crippen LogP contribution is 2.65. The van der Waals surface area contributed by atoms with E-state index in [1.165, 1.54) is 26.9 Å². The zero-order chi connectivity index (χ0) is 44.6. The Balaban J connectivity index is 0.000000166. The van der Waals surface area contributed by atoms with E-state index < -0.39 is 45.1 Å². The second-order valence-electron chi connectivity index (χ2n) is 16.3. The minimum atomic E-state index is -3.87. The van der Waals surface area contributed by atoms with Crippen LogP contribution in [0.25, 0.3) is 0 Å². The van der Waals surface area contributed by atoms with Gasteiger partial charge in [-0.05, 0) is 95.0 Å². The van der Waals surface area contributed by atoms with E-state index in [1.54, 1.807) is 45.0 Å². The number of dihydropyridines is 1. The van der Waals surface area contributed by atoms with E-state index >= 15 is 0 Å². The molecule has 0 radical (unpaired) electrons. The predicted molar refractivity (Wildman–Crippen MR) is 226 cm³/mol. The Kier molecular flexibility index (Phi) is 13.9. The molecule has 18 heteroatoms. The molecular formula is C43H53Cl2N3O12S. The fourth-order valence-electron chi connectivity index (χ4n) is 9.69. The van der Waals surface area contributed by atoms with E-state index in [1.807, 2.05) is 6.07 Å². The molecular weight excluding hydrogens is 853 g/mol. The highest BCUT2D eigenvalue weighted by molar-refractivity contribution is 7.85. The van der Waals surface area contributed by atoms with Gasteiger partial charge >= 0.3 is 11.9 Å². The molecule has 8 rings (SSSR count).